The molecule has 2 rings (SSSR count). The number of rotatable bonds is 6. The molecular formula is C18H30N2OSi. The molecule has 1 aliphatic rings. The number of nitrogens with zero attached hydrogens (tertiary/aromatic N) is 1. The zero-order valence-corrected chi connectivity index (χ0v) is 15.5. The first-order valence-electron chi connectivity index (χ1n) is 8.23. The first-order chi connectivity index (χ1) is 10.3. The largest absolute Gasteiger partial charge is 0.544 e. The van der Waals surface area contributed by atoms with Gasteiger partial charge in [-0.3, -0.25) is 4.90 Å². The van der Waals surface area contributed by atoms with Crippen molar-refractivity contribution in [2.45, 2.75) is 39.0 Å². The van der Waals surface area contributed by atoms with E-state index in [1.54, 1.807) is 0 Å². The molecule has 1 N–H and O–H groups in total. The van der Waals surface area contributed by atoms with Crippen molar-refractivity contribution in [3.05, 3.63) is 42.0 Å². The molecule has 4 heteroatoms. The van der Waals surface area contributed by atoms with Crippen LogP contribution < -0.4 is 9.74 Å². The summed E-state index contributed by atoms with van der Waals surface area (Å²) in [4.78, 5) is 2.57. The van der Waals surface area contributed by atoms with Gasteiger partial charge < -0.3 is 9.74 Å². The van der Waals surface area contributed by atoms with E-state index in [1.165, 1.54) is 11.1 Å². The van der Waals surface area contributed by atoms with E-state index in [2.05, 4.69) is 67.6 Å². The van der Waals surface area contributed by atoms with Crippen molar-refractivity contribution in [2.75, 3.05) is 26.2 Å². The van der Waals surface area contributed by atoms with Crippen molar-refractivity contribution in [2.24, 2.45) is 0 Å². The Morgan fingerprint density at radius 3 is 2.32 bits per heavy atom. The Labute approximate surface area is 136 Å². The van der Waals surface area contributed by atoms with Crippen molar-refractivity contribution < 1.29 is 4.43 Å². The fraction of sp³-hybridized carbons (Fsp3) is 0.556. The lowest BCUT2D eigenvalue weighted by molar-refractivity contribution is 0.172. The number of nitrogens with one attached hydrogen (secondary N) is 1. The van der Waals surface area contributed by atoms with Gasteiger partial charge in [-0.25, -0.2) is 0 Å². The first-order valence-corrected chi connectivity index (χ1v) is 11.6. The predicted molar refractivity (Wildman–Crippen MR) is 97.0 cm³/mol. The van der Waals surface area contributed by atoms with E-state index < -0.39 is 8.32 Å². The molecule has 1 saturated heterocycles. The van der Waals surface area contributed by atoms with E-state index in [0.29, 0.717) is 6.04 Å². The predicted octanol–water partition coefficient (Wildman–Crippen LogP) is 3.81. The molecule has 0 unspecified atom stereocenters. The highest BCUT2D eigenvalue weighted by atomic mass is 28.4. The smallest absolute Gasteiger partial charge is 0.242 e. The van der Waals surface area contributed by atoms with Gasteiger partial charge in [-0.1, -0.05) is 17.7 Å². The minimum Gasteiger partial charge on any atom is -0.544 e. The SMILES string of the molecule is C=C(C)C[C@@H](c1ccc(O[Si](C)(C)C)cc1)N1CCNCC1. The molecule has 0 aliphatic carbocycles. The fourth-order valence-corrected chi connectivity index (χ4v) is 3.74. The van der Waals surface area contributed by atoms with E-state index in [-0.39, 0.29) is 0 Å². The minimum absolute atomic E-state index is 0.431. The molecule has 1 aromatic carbocycles. The summed E-state index contributed by atoms with van der Waals surface area (Å²) in [5, 5.41) is 3.43. The standard InChI is InChI=1S/C18H30N2OSi/c1-15(2)14-18(20-12-10-19-11-13-20)16-6-8-17(9-7-16)21-22(3,4)5/h6-9,18-19H,1,10-14H2,2-5H3/t18-/m0/s1. The summed E-state index contributed by atoms with van der Waals surface area (Å²) in [5.41, 5.74) is 2.61. The second kappa shape index (κ2) is 7.44. The van der Waals surface area contributed by atoms with Crippen molar-refractivity contribution in [1.29, 1.82) is 0 Å². The zero-order chi connectivity index (χ0) is 16.2. The number of hydrogen-bond acceptors (Lipinski definition) is 3. The molecule has 0 saturated carbocycles. The van der Waals surface area contributed by atoms with Gasteiger partial charge in [-0.15, -0.1) is 6.58 Å². The van der Waals surface area contributed by atoms with Crippen molar-refractivity contribution in [1.82, 2.24) is 10.2 Å². The van der Waals surface area contributed by atoms with Crippen LogP contribution in [0.3, 0.4) is 0 Å². The molecule has 0 spiro atoms. The molecule has 0 amide bonds. The number of benzene rings is 1. The van der Waals surface area contributed by atoms with Gasteiger partial charge in [0.05, 0.1) is 0 Å². The lowest BCUT2D eigenvalue weighted by atomic mass is 9.98. The summed E-state index contributed by atoms with van der Waals surface area (Å²) < 4.78 is 6.06. The monoisotopic (exact) mass is 318 g/mol. The van der Waals surface area contributed by atoms with Gasteiger partial charge in [0.2, 0.25) is 8.32 Å². The zero-order valence-electron chi connectivity index (χ0n) is 14.5. The normalized spacial score (nSPS) is 18.0. The molecule has 0 aromatic heterocycles. The van der Waals surface area contributed by atoms with Crippen LogP contribution in [-0.2, 0) is 0 Å². The second-order valence-corrected chi connectivity index (χ2v) is 11.7. The molecule has 0 radical (unpaired) electrons. The molecule has 1 aromatic rings. The maximum absolute atomic E-state index is 6.06. The van der Waals surface area contributed by atoms with Crippen molar-refractivity contribution >= 4 is 8.32 Å². The topological polar surface area (TPSA) is 24.5 Å². The van der Waals surface area contributed by atoms with Crippen LogP contribution in [0, 0.1) is 0 Å². The Kier molecular flexibility index (Phi) is 5.84. The molecule has 0 bridgehead atoms. The molecule has 22 heavy (non-hydrogen) atoms. The van der Waals surface area contributed by atoms with Gasteiger partial charge in [0.25, 0.3) is 0 Å². The van der Waals surface area contributed by atoms with E-state index >= 15 is 0 Å². The van der Waals surface area contributed by atoms with Crippen LogP contribution in [0.1, 0.15) is 24.9 Å². The van der Waals surface area contributed by atoms with E-state index in [1.807, 2.05) is 0 Å². The van der Waals surface area contributed by atoms with Crippen LogP contribution in [0.25, 0.3) is 0 Å². The van der Waals surface area contributed by atoms with Crippen LogP contribution in [-0.4, -0.2) is 39.4 Å². The van der Waals surface area contributed by atoms with Crippen molar-refractivity contribution in [3.63, 3.8) is 0 Å². The maximum Gasteiger partial charge on any atom is 0.242 e. The van der Waals surface area contributed by atoms with Gasteiger partial charge in [-0.05, 0) is 50.7 Å². The summed E-state index contributed by atoms with van der Waals surface area (Å²) in [5.74, 6) is 0.998. The van der Waals surface area contributed by atoms with Gasteiger partial charge in [0.1, 0.15) is 5.75 Å². The molecule has 3 nitrogen and oxygen atoms in total. The summed E-state index contributed by atoms with van der Waals surface area (Å²) in [6.07, 6.45) is 1.02. The third-order valence-electron chi connectivity index (χ3n) is 3.82. The van der Waals surface area contributed by atoms with E-state index in [0.717, 1.165) is 38.3 Å². The molecule has 1 heterocycles. The average Bonchev–Trinajstić information content (AvgIpc) is 2.45. The molecule has 122 valence electrons. The van der Waals surface area contributed by atoms with E-state index in [4.69, 9.17) is 4.43 Å². The Balaban J connectivity index is 2.14. The van der Waals surface area contributed by atoms with Gasteiger partial charge in [-0.2, -0.15) is 0 Å². The summed E-state index contributed by atoms with van der Waals surface area (Å²) >= 11 is 0. The highest BCUT2D eigenvalue weighted by molar-refractivity contribution is 6.70. The second-order valence-electron chi connectivity index (χ2n) is 7.25. The molecular weight excluding hydrogens is 288 g/mol. The molecule has 1 atom stereocenters. The third kappa shape index (κ3) is 5.27. The lowest BCUT2D eigenvalue weighted by Crippen LogP contribution is -2.45. The van der Waals surface area contributed by atoms with Crippen LogP contribution in [0.4, 0.5) is 0 Å². The van der Waals surface area contributed by atoms with Crippen LogP contribution in [0.2, 0.25) is 19.6 Å². The summed E-state index contributed by atoms with van der Waals surface area (Å²) in [6, 6.07) is 9.14. The first kappa shape index (κ1) is 17.3. The van der Waals surface area contributed by atoms with Crippen molar-refractivity contribution in [3.8, 4) is 5.75 Å². The van der Waals surface area contributed by atoms with Crippen LogP contribution >= 0.6 is 0 Å². The van der Waals surface area contributed by atoms with Gasteiger partial charge in [0.15, 0.2) is 0 Å². The maximum atomic E-state index is 6.06. The fourth-order valence-electron chi connectivity index (χ4n) is 2.89. The van der Waals surface area contributed by atoms with Crippen LogP contribution in [0.15, 0.2) is 36.4 Å². The van der Waals surface area contributed by atoms with Gasteiger partial charge in [0, 0.05) is 32.2 Å². The van der Waals surface area contributed by atoms with Gasteiger partial charge >= 0.3 is 0 Å². The number of piperazine rings is 1. The highest BCUT2D eigenvalue weighted by Crippen LogP contribution is 2.29. The highest BCUT2D eigenvalue weighted by Gasteiger charge is 2.22. The Hall–Kier alpha value is -1.10. The number of hydrogen-bond donors (Lipinski definition) is 1. The minimum atomic E-state index is -1.53. The summed E-state index contributed by atoms with van der Waals surface area (Å²) in [6.45, 7) is 17.2. The Bertz CT molecular complexity index is 487. The average molecular weight is 319 g/mol. The van der Waals surface area contributed by atoms with Crippen LogP contribution in [0.5, 0.6) is 5.75 Å². The Morgan fingerprint density at radius 2 is 1.82 bits per heavy atom. The quantitative estimate of drug-likeness (QED) is 0.637. The Morgan fingerprint density at radius 1 is 1.23 bits per heavy atom. The summed E-state index contributed by atoms with van der Waals surface area (Å²) in [7, 11) is -1.53. The molecule has 1 fully saturated rings. The van der Waals surface area contributed by atoms with E-state index in [9.17, 15) is 0 Å². The lowest BCUT2D eigenvalue weighted by Gasteiger charge is -2.35. The third-order valence-corrected chi connectivity index (χ3v) is 4.67. The molecule has 1 aliphatic heterocycles.